The quantitative estimate of drug-likeness (QED) is 0.432. The highest BCUT2D eigenvalue weighted by Gasteiger charge is 1.93. The minimum Gasteiger partial charge on any atom is -0.492 e. The summed E-state index contributed by atoms with van der Waals surface area (Å²) in [6.45, 7) is 2.50. The monoisotopic (exact) mass is 209 g/mol. The first-order valence-electron chi connectivity index (χ1n) is 4.47. The van der Waals surface area contributed by atoms with Crippen molar-refractivity contribution in [2.75, 3.05) is 6.61 Å². The third-order valence-electron chi connectivity index (χ3n) is 1.59. The topological polar surface area (TPSA) is 22.1 Å². The number of hydrogen-bond acceptors (Lipinski definition) is 2. The van der Waals surface area contributed by atoms with Crippen molar-refractivity contribution in [3.8, 4) is 17.6 Å². The predicted molar refractivity (Wildman–Crippen MR) is 57.4 cm³/mol. The van der Waals surface area contributed by atoms with Crippen LogP contribution in [0.1, 0.15) is 19.8 Å². The molecule has 0 atom stereocenters. The van der Waals surface area contributed by atoms with E-state index in [9.17, 15) is 0 Å². The van der Waals surface area contributed by atoms with Crippen molar-refractivity contribution in [2.24, 2.45) is 0 Å². The van der Waals surface area contributed by atoms with E-state index in [0.717, 1.165) is 18.6 Å². The lowest BCUT2D eigenvalue weighted by Crippen LogP contribution is -1.96. The molecule has 0 radical (unpaired) electrons. The van der Waals surface area contributed by atoms with Gasteiger partial charge >= 0.3 is 0 Å². The predicted octanol–water partition coefficient (Wildman–Crippen LogP) is 2.92. The van der Waals surface area contributed by atoms with Crippen LogP contribution in [0, 0.1) is 11.8 Å². The molecule has 0 aliphatic heterocycles. The van der Waals surface area contributed by atoms with Gasteiger partial charge in [-0.2, -0.15) is 0 Å². The summed E-state index contributed by atoms with van der Waals surface area (Å²) in [6, 6.07) is 3.52. The van der Waals surface area contributed by atoms with Gasteiger partial charge in [0.05, 0.1) is 12.8 Å². The number of pyridine rings is 1. The first-order chi connectivity index (χ1) is 6.83. The van der Waals surface area contributed by atoms with E-state index in [4.69, 9.17) is 16.3 Å². The summed E-state index contributed by atoms with van der Waals surface area (Å²) in [5.41, 5.74) is 0. The van der Waals surface area contributed by atoms with E-state index in [1.807, 2.05) is 6.92 Å². The van der Waals surface area contributed by atoms with Crippen LogP contribution in [-0.4, -0.2) is 11.6 Å². The number of ether oxygens (including phenoxy) is 1. The van der Waals surface area contributed by atoms with Crippen molar-refractivity contribution in [3.63, 3.8) is 0 Å². The molecular weight excluding hydrogens is 198 g/mol. The largest absolute Gasteiger partial charge is 0.492 e. The Balaban J connectivity index is 2.23. The Bertz CT molecular complexity index is 323. The molecular formula is C11H12ClNO. The van der Waals surface area contributed by atoms with Gasteiger partial charge in [-0.25, -0.2) is 4.98 Å². The van der Waals surface area contributed by atoms with Gasteiger partial charge in [0.2, 0.25) is 0 Å². The van der Waals surface area contributed by atoms with Gasteiger partial charge in [0.1, 0.15) is 10.9 Å². The summed E-state index contributed by atoms with van der Waals surface area (Å²) in [5, 5.41) is 0.481. The van der Waals surface area contributed by atoms with E-state index in [-0.39, 0.29) is 0 Å². The molecule has 0 aliphatic rings. The van der Waals surface area contributed by atoms with E-state index in [2.05, 4.69) is 16.8 Å². The summed E-state index contributed by atoms with van der Waals surface area (Å²) in [4.78, 5) is 3.91. The minimum absolute atomic E-state index is 0.481. The van der Waals surface area contributed by atoms with Crippen molar-refractivity contribution < 1.29 is 4.74 Å². The van der Waals surface area contributed by atoms with Gasteiger partial charge in [-0.1, -0.05) is 11.6 Å². The fourth-order valence-corrected chi connectivity index (χ4v) is 1.03. The molecule has 1 heterocycles. The number of halogens is 1. The molecule has 0 saturated heterocycles. The molecule has 0 fully saturated rings. The van der Waals surface area contributed by atoms with Crippen LogP contribution >= 0.6 is 11.6 Å². The molecule has 0 N–H and O–H groups in total. The van der Waals surface area contributed by atoms with Crippen molar-refractivity contribution in [1.82, 2.24) is 4.98 Å². The molecule has 0 bridgehead atoms. The van der Waals surface area contributed by atoms with Gasteiger partial charge in [-0.05, 0) is 25.5 Å². The van der Waals surface area contributed by atoms with E-state index < -0.39 is 0 Å². The van der Waals surface area contributed by atoms with Crippen LogP contribution in [0.25, 0.3) is 0 Å². The molecule has 0 amide bonds. The third kappa shape index (κ3) is 4.15. The van der Waals surface area contributed by atoms with Crippen molar-refractivity contribution in [3.05, 3.63) is 23.5 Å². The van der Waals surface area contributed by atoms with E-state index in [1.165, 1.54) is 0 Å². The molecule has 1 aromatic rings. The normalized spacial score (nSPS) is 9.00. The molecule has 3 heteroatoms. The minimum atomic E-state index is 0.481. The second kappa shape index (κ2) is 6.28. The Hall–Kier alpha value is -1.20. The number of unbranched alkanes of at least 4 members (excludes halogenated alkanes) is 1. The summed E-state index contributed by atoms with van der Waals surface area (Å²) in [6.07, 6.45) is 3.43. The SMILES string of the molecule is CC#CCCCOc1ccc(Cl)nc1. The smallest absolute Gasteiger partial charge is 0.137 e. The van der Waals surface area contributed by atoms with Gasteiger partial charge in [0.25, 0.3) is 0 Å². The fourth-order valence-electron chi connectivity index (χ4n) is 0.923. The average molecular weight is 210 g/mol. The van der Waals surface area contributed by atoms with Gasteiger partial charge < -0.3 is 4.74 Å². The molecule has 74 valence electrons. The van der Waals surface area contributed by atoms with E-state index in [1.54, 1.807) is 18.3 Å². The highest BCUT2D eigenvalue weighted by Crippen LogP contribution is 2.12. The Kier molecular flexibility index (Phi) is 4.88. The molecule has 0 saturated carbocycles. The number of nitrogens with zero attached hydrogens (tertiary/aromatic N) is 1. The van der Waals surface area contributed by atoms with Crippen LogP contribution in [0.4, 0.5) is 0 Å². The van der Waals surface area contributed by atoms with Crippen molar-refractivity contribution >= 4 is 11.6 Å². The van der Waals surface area contributed by atoms with Crippen LogP contribution < -0.4 is 4.74 Å². The van der Waals surface area contributed by atoms with Crippen LogP contribution in [0.2, 0.25) is 5.15 Å². The summed E-state index contributed by atoms with van der Waals surface area (Å²) in [5.74, 6) is 6.56. The highest BCUT2D eigenvalue weighted by atomic mass is 35.5. The van der Waals surface area contributed by atoms with Gasteiger partial charge in [-0.15, -0.1) is 11.8 Å². The molecule has 1 rings (SSSR count). The maximum Gasteiger partial charge on any atom is 0.137 e. The summed E-state index contributed by atoms with van der Waals surface area (Å²) in [7, 11) is 0. The molecule has 0 aliphatic carbocycles. The fraction of sp³-hybridized carbons (Fsp3) is 0.364. The van der Waals surface area contributed by atoms with Crippen molar-refractivity contribution in [2.45, 2.75) is 19.8 Å². The van der Waals surface area contributed by atoms with E-state index in [0.29, 0.717) is 11.8 Å². The molecule has 14 heavy (non-hydrogen) atoms. The summed E-state index contributed by atoms with van der Waals surface area (Å²) < 4.78 is 5.42. The molecule has 1 aromatic heterocycles. The van der Waals surface area contributed by atoms with Crippen molar-refractivity contribution in [1.29, 1.82) is 0 Å². The Morgan fingerprint density at radius 3 is 3.00 bits per heavy atom. The zero-order valence-corrected chi connectivity index (χ0v) is 8.84. The van der Waals surface area contributed by atoms with Crippen LogP contribution in [0.15, 0.2) is 18.3 Å². The number of rotatable bonds is 4. The summed E-state index contributed by atoms with van der Waals surface area (Å²) >= 11 is 5.63. The zero-order chi connectivity index (χ0) is 10.2. The Morgan fingerprint density at radius 1 is 1.50 bits per heavy atom. The van der Waals surface area contributed by atoms with E-state index >= 15 is 0 Å². The maximum atomic E-state index is 5.63. The van der Waals surface area contributed by atoms with Crippen LogP contribution in [0.5, 0.6) is 5.75 Å². The number of hydrogen-bond donors (Lipinski definition) is 0. The highest BCUT2D eigenvalue weighted by molar-refractivity contribution is 6.29. The lowest BCUT2D eigenvalue weighted by atomic mass is 10.3. The first kappa shape index (κ1) is 10.9. The Labute approximate surface area is 89.3 Å². The average Bonchev–Trinajstić information content (AvgIpc) is 2.21. The third-order valence-corrected chi connectivity index (χ3v) is 1.82. The van der Waals surface area contributed by atoms with Crippen LogP contribution in [-0.2, 0) is 0 Å². The van der Waals surface area contributed by atoms with Gasteiger partial charge in [0, 0.05) is 6.42 Å². The second-order valence-corrected chi connectivity index (χ2v) is 3.08. The first-order valence-corrected chi connectivity index (χ1v) is 4.84. The molecule has 0 unspecified atom stereocenters. The van der Waals surface area contributed by atoms with Gasteiger partial charge in [-0.3, -0.25) is 0 Å². The molecule has 2 nitrogen and oxygen atoms in total. The second-order valence-electron chi connectivity index (χ2n) is 2.70. The molecule has 0 spiro atoms. The zero-order valence-electron chi connectivity index (χ0n) is 8.09. The van der Waals surface area contributed by atoms with Crippen LogP contribution in [0.3, 0.4) is 0 Å². The molecule has 0 aromatic carbocycles. The maximum absolute atomic E-state index is 5.63. The van der Waals surface area contributed by atoms with Gasteiger partial charge in [0.15, 0.2) is 0 Å². The lowest BCUT2D eigenvalue weighted by Gasteiger charge is -2.03. The number of aromatic nitrogens is 1. The standard InChI is InChI=1S/C11H12ClNO/c1-2-3-4-5-8-14-10-6-7-11(12)13-9-10/h6-7,9H,4-5,8H2,1H3. The lowest BCUT2D eigenvalue weighted by molar-refractivity contribution is 0.312. The Morgan fingerprint density at radius 2 is 2.36 bits per heavy atom.